The topological polar surface area (TPSA) is 30.2 Å². The smallest absolute Gasteiger partial charge is 0.335 e. The summed E-state index contributed by atoms with van der Waals surface area (Å²) in [5.74, 6) is 1.33. The van der Waals surface area contributed by atoms with E-state index in [1.54, 1.807) is 0 Å². The predicted molar refractivity (Wildman–Crippen MR) is 46.3 cm³/mol. The van der Waals surface area contributed by atoms with Crippen molar-refractivity contribution in [2.75, 3.05) is 0 Å². The van der Waals surface area contributed by atoms with Crippen LogP contribution in [0.5, 0.6) is 0 Å². The molecule has 2 rings (SSSR count). The molecule has 0 saturated heterocycles. The van der Waals surface area contributed by atoms with E-state index in [-0.39, 0.29) is 5.63 Å². The number of fused-ring (bicyclic) bond motifs is 1. The second-order valence-electron chi connectivity index (χ2n) is 3.44. The van der Waals surface area contributed by atoms with Crippen LogP contribution in [0.15, 0.2) is 21.3 Å². The maximum absolute atomic E-state index is 10.9. The predicted octanol–water partition coefficient (Wildman–Crippen LogP) is 2.08. The first-order chi connectivity index (χ1) is 5.77. The van der Waals surface area contributed by atoms with Crippen LogP contribution in [0.25, 0.3) is 0 Å². The van der Waals surface area contributed by atoms with Crippen molar-refractivity contribution in [3.63, 3.8) is 0 Å². The Hall–Kier alpha value is -1.05. The van der Waals surface area contributed by atoms with Crippen LogP contribution in [0.2, 0.25) is 0 Å². The van der Waals surface area contributed by atoms with E-state index in [1.165, 1.54) is 18.1 Å². The van der Waals surface area contributed by atoms with Crippen molar-refractivity contribution in [2.24, 2.45) is 0 Å². The van der Waals surface area contributed by atoms with Gasteiger partial charge in [-0.25, -0.2) is 4.79 Å². The van der Waals surface area contributed by atoms with Gasteiger partial charge < -0.3 is 4.42 Å². The summed E-state index contributed by atoms with van der Waals surface area (Å²) in [5, 5.41) is 0. The Bertz CT molecular complexity index is 338. The maximum atomic E-state index is 10.9. The molecule has 1 aromatic heterocycles. The quantitative estimate of drug-likeness (QED) is 0.587. The molecule has 1 aliphatic carbocycles. The molecule has 2 heteroatoms. The van der Waals surface area contributed by atoms with E-state index < -0.39 is 0 Å². The van der Waals surface area contributed by atoms with Crippen LogP contribution in [0.3, 0.4) is 0 Å². The number of aryl methyl sites for hydroxylation is 1. The first-order valence-electron chi connectivity index (χ1n) is 4.40. The Kier molecular flexibility index (Phi) is 1.75. The summed E-state index contributed by atoms with van der Waals surface area (Å²) >= 11 is 0. The van der Waals surface area contributed by atoms with Crippen LogP contribution in [0.1, 0.15) is 37.0 Å². The van der Waals surface area contributed by atoms with Gasteiger partial charge in [-0.15, -0.1) is 0 Å². The van der Waals surface area contributed by atoms with Gasteiger partial charge >= 0.3 is 5.63 Å². The fourth-order valence-corrected chi connectivity index (χ4v) is 1.81. The highest BCUT2D eigenvalue weighted by molar-refractivity contribution is 5.22. The van der Waals surface area contributed by atoms with Gasteiger partial charge in [0.1, 0.15) is 5.76 Å². The van der Waals surface area contributed by atoms with Crippen molar-refractivity contribution in [3.8, 4) is 0 Å². The van der Waals surface area contributed by atoms with Crippen molar-refractivity contribution in [3.05, 3.63) is 33.9 Å². The summed E-state index contributed by atoms with van der Waals surface area (Å²) in [6, 6.07) is 3.41. The maximum Gasteiger partial charge on any atom is 0.335 e. The molecule has 1 unspecified atom stereocenters. The van der Waals surface area contributed by atoms with Crippen LogP contribution >= 0.6 is 0 Å². The van der Waals surface area contributed by atoms with Crippen LogP contribution in [0.4, 0.5) is 0 Å². The number of rotatable bonds is 0. The fourth-order valence-electron chi connectivity index (χ4n) is 1.81. The summed E-state index contributed by atoms with van der Waals surface area (Å²) in [7, 11) is 0. The van der Waals surface area contributed by atoms with Crippen molar-refractivity contribution >= 4 is 0 Å². The third kappa shape index (κ3) is 1.17. The standard InChI is InChI=1S/C10H12O2/c1-7-3-2-4-8-5-6-9(11)12-10(7)8/h5-7H,2-4H2,1H3. The van der Waals surface area contributed by atoms with Crippen LogP contribution in [0, 0.1) is 0 Å². The van der Waals surface area contributed by atoms with Gasteiger partial charge in [-0.1, -0.05) is 6.92 Å². The number of hydrogen-bond donors (Lipinski definition) is 0. The van der Waals surface area contributed by atoms with Gasteiger partial charge in [-0.3, -0.25) is 0 Å². The molecule has 0 aromatic carbocycles. The Balaban J connectivity index is 2.54. The molecular weight excluding hydrogens is 152 g/mol. The SMILES string of the molecule is CC1CCCc2ccc(=O)oc21. The lowest BCUT2D eigenvalue weighted by Gasteiger charge is -2.19. The highest BCUT2D eigenvalue weighted by Gasteiger charge is 2.18. The molecule has 1 aromatic rings. The molecule has 1 aliphatic rings. The lowest BCUT2D eigenvalue weighted by Crippen LogP contribution is -2.11. The highest BCUT2D eigenvalue weighted by Crippen LogP contribution is 2.29. The Morgan fingerprint density at radius 1 is 1.50 bits per heavy atom. The van der Waals surface area contributed by atoms with E-state index in [4.69, 9.17) is 4.42 Å². The molecule has 0 N–H and O–H groups in total. The first kappa shape index (κ1) is 7.59. The molecule has 0 aliphatic heterocycles. The van der Waals surface area contributed by atoms with E-state index in [9.17, 15) is 4.79 Å². The fraction of sp³-hybridized carbons (Fsp3) is 0.500. The lowest BCUT2D eigenvalue weighted by molar-refractivity contribution is 0.391. The van der Waals surface area contributed by atoms with Crippen LogP contribution in [-0.2, 0) is 6.42 Å². The summed E-state index contributed by atoms with van der Waals surface area (Å²) < 4.78 is 5.16. The minimum atomic E-state index is -0.220. The summed E-state index contributed by atoms with van der Waals surface area (Å²) in [6.07, 6.45) is 3.41. The van der Waals surface area contributed by atoms with Crippen LogP contribution < -0.4 is 5.63 Å². The van der Waals surface area contributed by atoms with E-state index >= 15 is 0 Å². The molecule has 0 fully saturated rings. The van der Waals surface area contributed by atoms with Gasteiger partial charge in [0.05, 0.1) is 0 Å². The van der Waals surface area contributed by atoms with Crippen molar-refractivity contribution in [1.29, 1.82) is 0 Å². The Morgan fingerprint density at radius 3 is 3.17 bits per heavy atom. The molecule has 1 heterocycles. The molecule has 0 radical (unpaired) electrons. The third-order valence-corrected chi connectivity index (χ3v) is 2.48. The van der Waals surface area contributed by atoms with Gasteiger partial charge in [-0.05, 0) is 30.9 Å². The largest absolute Gasteiger partial charge is 0.427 e. The summed E-state index contributed by atoms with van der Waals surface area (Å²) in [6.45, 7) is 2.11. The van der Waals surface area contributed by atoms with E-state index in [1.807, 2.05) is 6.07 Å². The zero-order valence-corrected chi connectivity index (χ0v) is 7.17. The lowest BCUT2D eigenvalue weighted by atomic mass is 9.89. The zero-order valence-electron chi connectivity index (χ0n) is 7.17. The number of hydrogen-bond acceptors (Lipinski definition) is 2. The third-order valence-electron chi connectivity index (χ3n) is 2.48. The van der Waals surface area contributed by atoms with E-state index in [0.717, 1.165) is 18.6 Å². The minimum absolute atomic E-state index is 0.220. The summed E-state index contributed by atoms with van der Waals surface area (Å²) in [4.78, 5) is 10.9. The molecule has 0 amide bonds. The molecule has 1 atom stereocenters. The van der Waals surface area contributed by atoms with Gasteiger partial charge in [-0.2, -0.15) is 0 Å². The highest BCUT2D eigenvalue weighted by atomic mass is 16.4. The van der Waals surface area contributed by atoms with Gasteiger partial charge in [0, 0.05) is 12.0 Å². The average Bonchev–Trinajstić information content (AvgIpc) is 2.07. The minimum Gasteiger partial charge on any atom is -0.427 e. The Morgan fingerprint density at radius 2 is 2.33 bits per heavy atom. The molecule has 64 valence electrons. The van der Waals surface area contributed by atoms with Gasteiger partial charge in [0.2, 0.25) is 0 Å². The average molecular weight is 164 g/mol. The van der Waals surface area contributed by atoms with Crippen molar-refractivity contribution in [2.45, 2.75) is 32.1 Å². The second kappa shape index (κ2) is 2.77. The molecule has 2 nitrogen and oxygen atoms in total. The Labute approximate surface area is 71.2 Å². The normalized spacial score (nSPS) is 21.9. The van der Waals surface area contributed by atoms with E-state index in [2.05, 4.69) is 6.92 Å². The van der Waals surface area contributed by atoms with Crippen molar-refractivity contribution < 1.29 is 4.42 Å². The monoisotopic (exact) mass is 164 g/mol. The van der Waals surface area contributed by atoms with Crippen LogP contribution in [-0.4, -0.2) is 0 Å². The molecule has 0 spiro atoms. The van der Waals surface area contributed by atoms with Gasteiger partial charge in [0.15, 0.2) is 0 Å². The van der Waals surface area contributed by atoms with E-state index in [0.29, 0.717) is 5.92 Å². The first-order valence-corrected chi connectivity index (χ1v) is 4.40. The second-order valence-corrected chi connectivity index (χ2v) is 3.44. The molecule has 12 heavy (non-hydrogen) atoms. The van der Waals surface area contributed by atoms with Crippen molar-refractivity contribution in [1.82, 2.24) is 0 Å². The molecule has 0 saturated carbocycles. The zero-order chi connectivity index (χ0) is 8.55. The summed E-state index contributed by atoms with van der Waals surface area (Å²) in [5.41, 5.74) is 0.996. The van der Waals surface area contributed by atoms with Gasteiger partial charge in [0.25, 0.3) is 0 Å². The molecular formula is C10H12O2. The molecule has 0 bridgehead atoms.